The number of nitrogens with zero attached hydrogens (tertiary/aromatic N) is 1. The van der Waals surface area contributed by atoms with Crippen molar-refractivity contribution in [2.45, 2.75) is 6.42 Å². The minimum atomic E-state index is -0.903. The van der Waals surface area contributed by atoms with Crippen molar-refractivity contribution < 1.29 is 14.7 Å². The number of amides is 1. The quantitative estimate of drug-likeness (QED) is 0.786. The number of anilines is 1. The number of rotatable bonds is 4. The van der Waals surface area contributed by atoms with Crippen LogP contribution in [0, 0.1) is 23.7 Å². The zero-order chi connectivity index (χ0) is 16.8. The van der Waals surface area contributed by atoms with Crippen molar-refractivity contribution in [2.24, 2.45) is 23.7 Å². The predicted octanol–water partition coefficient (Wildman–Crippen LogP) is 3.99. The Balaban J connectivity index is 1.51. The first-order chi connectivity index (χ1) is 11.5. The molecule has 24 heavy (non-hydrogen) atoms. The first-order valence-electron chi connectivity index (χ1n) is 7.46. The SMILES string of the molecule is O=C(O)C1C2C=CC(C2)C1C(=O)Nc1nc(-c2ccc(Cl)s2)cs1. The standard InChI is InChI=1S/C16H13ClN2O3S2/c17-11-4-3-10(24-11)9-6-23-16(18-9)19-14(20)12-7-1-2-8(5-7)13(12)15(21)22/h1-4,6-8,12-13H,5H2,(H,21,22)(H,18,19,20). The molecular weight excluding hydrogens is 368 g/mol. The van der Waals surface area contributed by atoms with Gasteiger partial charge < -0.3 is 10.4 Å². The van der Waals surface area contributed by atoms with Crippen molar-refractivity contribution in [3.8, 4) is 10.6 Å². The number of carbonyl (C=O) groups excluding carboxylic acids is 1. The Hall–Kier alpha value is -1.70. The van der Waals surface area contributed by atoms with Crippen LogP contribution in [0.25, 0.3) is 10.6 Å². The van der Waals surface area contributed by atoms with Crippen molar-refractivity contribution in [2.75, 3.05) is 5.32 Å². The first kappa shape index (κ1) is 15.8. The van der Waals surface area contributed by atoms with Gasteiger partial charge in [0.15, 0.2) is 5.13 Å². The number of aliphatic carboxylic acids is 1. The van der Waals surface area contributed by atoms with Gasteiger partial charge in [-0.15, -0.1) is 22.7 Å². The summed E-state index contributed by atoms with van der Waals surface area (Å²) in [7, 11) is 0. The molecule has 1 amide bonds. The number of fused-ring (bicyclic) bond motifs is 2. The second-order valence-corrected chi connectivity index (χ2v) is 8.54. The summed E-state index contributed by atoms with van der Waals surface area (Å²) in [6.45, 7) is 0. The summed E-state index contributed by atoms with van der Waals surface area (Å²) in [5.41, 5.74) is 0.759. The third-order valence-electron chi connectivity index (χ3n) is 4.61. The fraction of sp³-hybridized carbons (Fsp3) is 0.312. The molecule has 0 spiro atoms. The zero-order valence-corrected chi connectivity index (χ0v) is 14.7. The molecule has 5 nitrogen and oxygen atoms in total. The van der Waals surface area contributed by atoms with Crippen LogP contribution in [0.1, 0.15) is 6.42 Å². The second kappa shape index (κ2) is 5.98. The highest BCUT2D eigenvalue weighted by Gasteiger charge is 2.51. The van der Waals surface area contributed by atoms with Gasteiger partial charge in [0.1, 0.15) is 0 Å². The van der Waals surface area contributed by atoms with Crippen molar-refractivity contribution in [1.29, 1.82) is 0 Å². The van der Waals surface area contributed by atoms with Crippen LogP contribution in [0.2, 0.25) is 4.34 Å². The van der Waals surface area contributed by atoms with Gasteiger partial charge in [-0.1, -0.05) is 23.8 Å². The van der Waals surface area contributed by atoms with Gasteiger partial charge in [0.2, 0.25) is 5.91 Å². The van der Waals surface area contributed by atoms with Crippen molar-refractivity contribution in [3.63, 3.8) is 0 Å². The Morgan fingerprint density at radius 3 is 2.67 bits per heavy atom. The average molecular weight is 381 g/mol. The molecule has 2 aromatic heterocycles. The maximum Gasteiger partial charge on any atom is 0.307 e. The molecule has 2 aliphatic rings. The fourth-order valence-electron chi connectivity index (χ4n) is 3.60. The predicted molar refractivity (Wildman–Crippen MR) is 94.4 cm³/mol. The van der Waals surface area contributed by atoms with E-state index < -0.39 is 17.8 Å². The Morgan fingerprint density at radius 1 is 1.25 bits per heavy atom. The van der Waals surface area contributed by atoms with Crippen LogP contribution in [-0.2, 0) is 9.59 Å². The summed E-state index contributed by atoms with van der Waals surface area (Å²) in [5, 5.41) is 14.6. The highest BCUT2D eigenvalue weighted by atomic mass is 35.5. The lowest BCUT2D eigenvalue weighted by Crippen LogP contribution is -2.36. The molecule has 0 radical (unpaired) electrons. The lowest BCUT2D eigenvalue weighted by Gasteiger charge is -2.23. The van der Waals surface area contributed by atoms with Crippen LogP contribution >= 0.6 is 34.3 Å². The summed E-state index contributed by atoms with van der Waals surface area (Å²) in [5.74, 6) is -2.36. The Labute approximate surface area is 151 Å². The number of nitrogens with one attached hydrogen (secondary N) is 1. The number of allylic oxidation sites excluding steroid dienone is 2. The third-order valence-corrected chi connectivity index (χ3v) is 6.62. The topological polar surface area (TPSA) is 79.3 Å². The number of hydrogen-bond acceptors (Lipinski definition) is 5. The van der Waals surface area contributed by atoms with Crippen molar-refractivity contribution in [1.82, 2.24) is 4.98 Å². The van der Waals surface area contributed by atoms with E-state index >= 15 is 0 Å². The second-order valence-electron chi connectivity index (χ2n) is 5.97. The van der Waals surface area contributed by atoms with E-state index in [9.17, 15) is 14.7 Å². The summed E-state index contributed by atoms with van der Waals surface area (Å²) in [4.78, 5) is 29.5. The summed E-state index contributed by atoms with van der Waals surface area (Å²) < 4.78 is 0.682. The lowest BCUT2D eigenvalue weighted by atomic mass is 9.82. The number of carboxylic acids is 1. The van der Waals surface area contributed by atoms with Gasteiger partial charge in [-0.2, -0.15) is 0 Å². The van der Waals surface area contributed by atoms with Gasteiger partial charge >= 0.3 is 5.97 Å². The molecule has 1 saturated carbocycles. The summed E-state index contributed by atoms with van der Waals surface area (Å²) in [6.07, 6.45) is 4.64. The van der Waals surface area contributed by atoms with Crippen LogP contribution in [0.5, 0.6) is 0 Å². The molecule has 8 heteroatoms. The van der Waals surface area contributed by atoms with Crippen molar-refractivity contribution >= 4 is 51.3 Å². The third kappa shape index (κ3) is 2.66. The molecule has 4 rings (SSSR count). The maximum absolute atomic E-state index is 12.6. The molecule has 2 aliphatic carbocycles. The van der Waals surface area contributed by atoms with E-state index in [2.05, 4.69) is 10.3 Å². The van der Waals surface area contributed by atoms with E-state index in [1.165, 1.54) is 22.7 Å². The summed E-state index contributed by atoms with van der Waals surface area (Å²) >= 11 is 8.68. The number of aromatic nitrogens is 1. The van der Waals surface area contributed by atoms with Crippen LogP contribution < -0.4 is 5.32 Å². The van der Waals surface area contributed by atoms with Gasteiger partial charge in [-0.25, -0.2) is 4.98 Å². The van der Waals surface area contributed by atoms with E-state index in [0.29, 0.717) is 9.47 Å². The molecule has 2 heterocycles. The Kier molecular flexibility index (Phi) is 3.94. The van der Waals surface area contributed by atoms with Gasteiger partial charge in [0, 0.05) is 5.38 Å². The molecule has 4 unspecified atom stereocenters. The fourth-order valence-corrected chi connectivity index (χ4v) is 5.39. The van der Waals surface area contributed by atoms with E-state index in [4.69, 9.17) is 11.6 Å². The van der Waals surface area contributed by atoms with Crippen LogP contribution in [0.3, 0.4) is 0 Å². The molecule has 124 valence electrons. The highest BCUT2D eigenvalue weighted by Crippen LogP contribution is 2.48. The van der Waals surface area contributed by atoms with E-state index in [-0.39, 0.29) is 17.7 Å². The molecule has 0 aliphatic heterocycles. The zero-order valence-electron chi connectivity index (χ0n) is 12.3. The summed E-state index contributed by atoms with van der Waals surface area (Å²) in [6, 6.07) is 3.69. The normalized spacial score (nSPS) is 27.5. The number of hydrogen-bond donors (Lipinski definition) is 2. The van der Waals surface area contributed by atoms with E-state index in [1.807, 2.05) is 23.6 Å². The van der Waals surface area contributed by atoms with Crippen molar-refractivity contribution in [3.05, 3.63) is 34.0 Å². The largest absolute Gasteiger partial charge is 0.481 e. The Bertz CT molecular complexity index is 844. The maximum atomic E-state index is 12.6. The highest BCUT2D eigenvalue weighted by molar-refractivity contribution is 7.20. The number of carboxylic acid groups (broad SMARTS) is 1. The number of thiophene rings is 1. The molecule has 2 bridgehead atoms. The minimum absolute atomic E-state index is 0.00614. The average Bonchev–Trinajstić information content (AvgIpc) is 3.29. The molecule has 0 saturated heterocycles. The number of halogens is 1. The van der Waals surface area contributed by atoms with Crippen LogP contribution in [0.4, 0.5) is 5.13 Å². The molecule has 4 atom stereocenters. The number of carbonyl (C=O) groups is 2. The first-order valence-corrected chi connectivity index (χ1v) is 9.53. The smallest absolute Gasteiger partial charge is 0.307 e. The van der Waals surface area contributed by atoms with E-state index in [0.717, 1.165) is 17.0 Å². The van der Waals surface area contributed by atoms with Crippen LogP contribution in [-0.4, -0.2) is 22.0 Å². The van der Waals surface area contributed by atoms with Gasteiger partial charge in [-0.05, 0) is 30.4 Å². The van der Waals surface area contributed by atoms with Gasteiger partial charge in [-0.3, -0.25) is 9.59 Å². The molecule has 1 fully saturated rings. The molecular formula is C16H13ClN2O3S2. The van der Waals surface area contributed by atoms with Gasteiger partial charge in [0.05, 0.1) is 26.7 Å². The lowest BCUT2D eigenvalue weighted by molar-refractivity contribution is -0.146. The molecule has 2 N–H and O–H groups in total. The minimum Gasteiger partial charge on any atom is -0.481 e. The van der Waals surface area contributed by atoms with Crippen LogP contribution in [0.15, 0.2) is 29.7 Å². The number of thiazole rings is 1. The molecule has 2 aromatic rings. The molecule has 0 aromatic carbocycles. The monoisotopic (exact) mass is 380 g/mol. The Morgan fingerprint density at radius 2 is 2.00 bits per heavy atom. The van der Waals surface area contributed by atoms with Gasteiger partial charge in [0.25, 0.3) is 0 Å². The van der Waals surface area contributed by atoms with E-state index in [1.54, 1.807) is 6.07 Å².